The molecule has 59 heavy (non-hydrogen) atoms. The molecule has 280 valence electrons. The van der Waals surface area contributed by atoms with Crippen molar-refractivity contribution < 1.29 is 27.9 Å². The van der Waals surface area contributed by atoms with Gasteiger partial charge in [0, 0.05) is 41.0 Å². The number of pyridine rings is 1. The molecular formula is C52H37N4O3+3. The van der Waals surface area contributed by atoms with E-state index >= 15 is 0 Å². The molecule has 7 aromatic carbocycles. The predicted molar refractivity (Wildman–Crippen MR) is 230 cm³/mol. The Kier molecular flexibility index (Phi) is 8.29. The van der Waals surface area contributed by atoms with Gasteiger partial charge in [0.05, 0.1) is 22.3 Å². The lowest BCUT2D eigenvalue weighted by Gasteiger charge is -2.29. The molecule has 4 aliphatic heterocycles. The monoisotopic (exact) mass is 765 g/mol. The molecule has 0 aliphatic carbocycles. The van der Waals surface area contributed by atoms with Gasteiger partial charge in [-0.05, 0) is 46.9 Å². The van der Waals surface area contributed by atoms with Crippen LogP contribution in [-0.2, 0) is 0 Å². The van der Waals surface area contributed by atoms with Crippen LogP contribution >= 0.6 is 0 Å². The molecule has 0 N–H and O–H groups in total. The van der Waals surface area contributed by atoms with Gasteiger partial charge in [-0.3, -0.25) is 0 Å². The van der Waals surface area contributed by atoms with E-state index in [9.17, 15) is 0 Å². The van der Waals surface area contributed by atoms with Gasteiger partial charge in [0.1, 0.15) is 17.7 Å². The van der Waals surface area contributed by atoms with E-state index in [1.165, 1.54) is 0 Å². The van der Waals surface area contributed by atoms with Crippen LogP contribution in [0.4, 0.5) is 17.2 Å². The molecule has 12 rings (SSSR count). The zero-order chi connectivity index (χ0) is 39.2. The summed E-state index contributed by atoms with van der Waals surface area (Å²) in [5, 5.41) is 0. The standard InChI is InChI=1S/C27H18N2O2.C25H19N2O/c1-2-11-21(12-3-1)28-18-20-10-8-14-23-22-13-5-6-15-24(22)29-17-19-9-4-7-16-25(19)30-27(28,29)31-26(20)23;1-3-10-19(11-4-1)21-14-9-15-22-24(20-12-5-2-6-13-20)27(18-28-25(21)22)23-16-7-8-17-26-23/h1-18H;1-17H,18H2/q+2;+1. The number of ether oxygens (including phenoxy) is 3. The summed E-state index contributed by atoms with van der Waals surface area (Å²) in [7, 11) is 0. The molecule has 1 unspecified atom stereocenters. The van der Waals surface area contributed by atoms with Crippen LogP contribution in [0.5, 0.6) is 17.2 Å². The summed E-state index contributed by atoms with van der Waals surface area (Å²) in [6.45, 7) is 0.415. The van der Waals surface area contributed by atoms with Crippen LogP contribution in [0.25, 0.3) is 22.3 Å². The van der Waals surface area contributed by atoms with Crippen molar-refractivity contribution in [3.8, 4) is 39.5 Å². The number of nitrogens with zero attached hydrogens (tertiary/aromatic N) is 4. The Morgan fingerprint density at radius 1 is 0.458 bits per heavy atom. The predicted octanol–water partition coefficient (Wildman–Crippen LogP) is 10.6. The molecule has 0 saturated carbocycles. The van der Waals surface area contributed by atoms with E-state index in [0.717, 1.165) is 84.7 Å². The number of fused-ring (bicyclic) bond motifs is 5. The van der Waals surface area contributed by atoms with E-state index in [1.54, 1.807) is 0 Å². The van der Waals surface area contributed by atoms with Gasteiger partial charge >= 0.3 is 11.9 Å². The van der Waals surface area contributed by atoms with Crippen molar-refractivity contribution in [2.45, 2.75) is 6.03 Å². The number of rotatable bonds is 4. The Hall–Kier alpha value is -7.90. The summed E-state index contributed by atoms with van der Waals surface area (Å²) in [5.41, 5.74) is 11.8. The van der Waals surface area contributed by atoms with Gasteiger partial charge in [-0.25, -0.2) is 0 Å². The van der Waals surface area contributed by atoms with Gasteiger partial charge in [0.15, 0.2) is 23.9 Å². The maximum absolute atomic E-state index is 6.84. The van der Waals surface area contributed by atoms with Gasteiger partial charge in [-0.2, -0.15) is 4.58 Å². The third-order valence-electron chi connectivity index (χ3n) is 11.0. The van der Waals surface area contributed by atoms with Gasteiger partial charge in [-0.1, -0.05) is 143 Å². The van der Waals surface area contributed by atoms with Gasteiger partial charge in [0.2, 0.25) is 18.1 Å². The Morgan fingerprint density at radius 3 is 1.90 bits per heavy atom. The summed E-state index contributed by atoms with van der Waals surface area (Å²) >= 11 is 0. The molecule has 8 aromatic rings. The Morgan fingerprint density at radius 2 is 1.08 bits per heavy atom. The van der Waals surface area contributed by atoms with Crippen molar-refractivity contribution in [3.63, 3.8) is 0 Å². The summed E-state index contributed by atoms with van der Waals surface area (Å²) in [6, 6.07) is 64.8. The number of aromatic nitrogens is 1. The van der Waals surface area contributed by atoms with Crippen LogP contribution in [0.2, 0.25) is 0 Å². The first-order chi connectivity index (χ1) is 29.2. The molecule has 0 amide bonds. The molecule has 4 aliphatic rings. The van der Waals surface area contributed by atoms with Crippen molar-refractivity contribution in [1.29, 1.82) is 0 Å². The second-order valence-electron chi connectivity index (χ2n) is 14.5. The minimum Gasteiger partial charge on any atom is -0.453 e. The van der Waals surface area contributed by atoms with E-state index in [4.69, 9.17) is 14.2 Å². The van der Waals surface area contributed by atoms with Crippen LogP contribution in [-0.4, -0.2) is 49.6 Å². The average Bonchev–Trinajstić information content (AvgIpc) is 3.43. The topological polar surface area (TPSA) is 49.6 Å². The smallest absolute Gasteiger partial charge is 0.453 e. The van der Waals surface area contributed by atoms with Gasteiger partial charge in [0.25, 0.3) is 0 Å². The molecule has 2 bridgehead atoms. The van der Waals surface area contributed by atoms with Crippen molar-refractivity contribution in [1.82, 2.24) is 4.98 Å². The molecule has 5 heterocycles. The highest BCUT2D eigenvalue weighted by molar-refractivity contribution is 6.13. The quantitative estimate of drug-likeness (QED) is 0.168. The molecule has 7 nitrogen and oxygen atoms in total. The van der Waals surface area contributed by atoms with Crippen LogP contribution < -0.4 is 14.2 Å². The Balaban J connectivity index is 0.000000135. The first kappa shape index (κ1) is 34.4. The highest BCUT2D eigenvalue weighted by Gasteiger charge is 2.67. The lowest BCUT2D eigenvalue weighted by atomic mass is 9.95. The van der Waals surface area contributed by atoms with E-state index in [0.29, 0.717) is 6.73 Å². The van der Waals surface area contributed by atoms with Crippen LogP contribution in [0.1, 0.15) is 22.3 Å². The zero-order valence-electron chi connectivity index (χ0n) is 31.9. The normalized spacial score (nSPS) is 16.3. The van der Waals surface area contributed by atoms with Crippen LogP contribution in [0.15, 0.2) is 200 Å². The molecular weight excluding hydrogens is 729 g/mol. The highest BCUT2D eigenvalue weighted by atomic mass is 16.7. The van der Waals surface area contributed by atoms with Crippen molar-refractivity contribution in [2.24, 2.45) is 0 Å². The van der Waals surface area contributed by atoms with E-state index in [2.05, 4.69) is 159 Å². The van der Waals surface area contributed by atoms with E-state index in [-0.39, 0.29) is 0 Å². The number of hydrogen-bond acceptors (Lipinski definition) is 4. The Bertz CT molecular complexity index is 2980. The maximum atomic E-state index is 6.84. The summed E-state index contributed by atoms with van der Waals surface area (Å²) in [4.78, 5) is 4.56. The minimum absolute atomic E-state index is 0.415. The number of benzene rings is 7. The van der Waals surface area contributed by atoms with Gasteiger partial charge in [-0.15, -0.1) is 0 Å². The first-order valence-electron chi connectivity index (χ1n) is 19.7. The lowest BCUT2D eigenvalue weighted by Crippen LogP contribution is -2.61. The second-order valence-corrected chi connectivity index (χ2v) is 14.5. The Labute approximate surface area is 342 Å². The third-order valence-corrected chi connectivity index (χ3v) is 11.0. The lowest BCUT2D eigenvalue weighted by molar-refractivity contribution is -0.854. The summed E-state index contributed by atoms with van der Waals surface area (Å²) < 4.78 is 26.2. The summed E-state index contributed by atoms with van der Waals surface area (Å²) in [6.07, 6.45) is 6.06. The highest BCUT2D eigenvalue weighted by Crippen LogP contribution is 2.49. The van der Waals surface area contributed by atoms with Crippen LogP contribution in [0, 0.1) is 0 Å². The minimum atomic E-state index is -1.22. The van der Waals surface area contributed by atoms with E-state index in [1.807, 2.05) is 72.9 Å². The molecule has 0 fully saturated rings. The van der Waals surface area contributed by atoms with Crippen molar-refractivity contribution in [2.75, 3.05) is 6.73 Å². The molecule has 1 atom stereocenters. The van der Waals surface area contributed by atoms with Crippen LogP contribution in [0.3, 0.4) is 0 Å². The fourth-order valence-corrected chi connectivity index (χ4v) is 8.34. The van der Waals surface area contributed by atoms with Gasteiger partial charge < -0.3 is 14.2 Å². The number of para-hydroxylation sites is 5. The van der Waals surface area contributed by atoms with Crippen molar-refractivity contribution in [3.05, 3.63) is 223 Å². The maximum Gasteiger partial charge on any atom is 0.714 e. The molecule has 1 aromatic heterocycles. The average molecular weight is 766 g/mol. The molecule has 0 saturated heterocycles. The first-order valence-corrected chi connectivity index (χ1v) is 19.7. The fourth-order valence-electron chi connectivity index (χ4n) is 8.34. The van der Waals surface area contributed by atoms with Crippen molar-refractivity contribution >= 4 is 35.3 Å². The van der Waals surface area contributed by atoms with E-state index < -0.39 is 6.03 Å². The second kappa shape index (κ2) is 14.2. The molecule has 7 heteroatoms. The molecule has 1 spiro atoms. The summed E-state index contributed by atoms with van der Waals surface area (Å²) in [5.74, 6) is 3.41. The fraction of sp³-hybridized carbons (Fsp3) is 0.0385. The SMILES string of the molecule is C1=[N+](c2ccccc2)C23Oc4ccccc4C=[N+]2c2ccccc2-c2cccc1c2O3.c1ccc(C2=[N+](c3ccccn3)COc3c2cccc3-c2ccccc2)cc1. The third kappa shape index (κ3) is 5.82. The largest absolute Gasteiger partial charge is 0.714 e. The number of hydrogen-bond donors (Lipinski definition) is 0. The zero-order valence-corrected chi connectivity index (χ0v) is 31.9. The molecule has 0 radical (unpaired) electrons.